The first-order valence-corrected chi connectivity index (χ1v) is 7.49. The maximum atomic E-state index is 11.5. The zero-order valence-corrected chi connectivity index (χ0v) is 12.5. The van der Waals surface area contributed by atoms with Crippen LogP contribution in [-0.4, -0.2) is 44.1 Å². The largest absolute Gasteiger partial charge is 0.368 e. The predicted molar refractivity (Wildman–Crippen MR) is 72.6 cm³/mol. The minimum Gasteiger partial charge on any atom is -0.368 e. The maximum Gasteiger partial charge on any atom is 0.215 e. The molecule has 1 N–H and O–H groups in total. The Morgan fingerprint density at radius 1 is 1.47 bits per heavy atom. The molecule has 7 heteroatoms. The minimum atomic E-state index is -3.16. The molecule has 1 heterocycles. The van der Waals surface area contributed by atoms with E-state index in [-0.39, 0.29) is 5.75 Å². The van der Waals surface area contributed by atoms with Crippen LogP contribution in [0, 0.1) is 6.92 Å². The van der Waals surface area contributed by atoms with Gasteiger partial charge >= 0.3 is 0 Å². The van der Waals surface area contributed by atoms with E-state index in [1.807, 2.05) is 13.0 Å². The lowest BCUT2D eigenvalue weighted by Crippen LogP contribution is -2.28. The Labute approximate surface area is 110 Å². The van der Waals surface area contributed by atoms with Crippen LogP contribution in [0.1, 0.15) is 5.56 Å². The lowest BCUT2D eigenvalue weighted by atomic mass is 10.3. The average molecular weight is 322 g/mol. The van der Waals surface area contributed by atoms with Crippen LogP contribution in [0.3, 0.4) is 0 Å². The number of nitrogens with one attached hydrogen (secondary N) is 1. The standard InChI is InChI=1S/C10H16BrN3O2S/c1-8-6-9(11)10(13-7-8)12-4-5-17(15,16)14(2)3/h6-7H,4-5H2,1-3H3,(H,12,13). The molecule has 0 fully saturated rings. The number of pyridine rings is 1. The molecule has 0 aromatic carbocycles. The van der Waals surface area contributed by atoms with Gasteiger partial charge in [0.05, 0.1) is 10.2 Å². The van der Waals surface area contributed by atoms with Crippen LogP contribution in [-0.2, 0) is 10.0 Å². The molecule has 0 bridgehead atoms. The monoisotopic (exact) mass is 321 g/mol. The molecule has 1 aromatic rings. The Balaban J connectivity index is 2.58. The summed E-state index contributed by atoms with van der Waals surface area (Å²) in [5.74, 6) is 0.701. The lowest BCUT2D eigenvalue weighted by Gasteiger charge is -2.12. The van der Waals surface area contributed by atoms with Crippen molar-refractivity contribution in [2.45, 2.75) is 6.92 Å². The van der Waals surface area contributed by atoms with Crippen LogP contribution in [0.4, 0.5) is 5.82 Å². The van der Waals surface area contributed by atoms with Crippen molar-refractivity contribution >= 4 is 31.8 Å². The molecule has 0 radical (unpaired) electrons. The van der Waals surface area contributed by atoms with Crippen molar-refractivity contribution in [1.82, 2.24) is 9.29 Å². The van der Waals surface area contributed by atoms with Crippen molar-refractivity contribution in [2.24, 2.45) is 0 Å². The molecule has 0 aliphatic heterocycles. The highest BCUT2D eigenvalue weighted by Crippen LogP contribution is 2.20. The van der Waals surface area contributed by atoms with Crippen LogP contribution in [0.5, 0.6) is 0 Å². The fourth-order valence-electron chi connectivity index (χ4n) is 1.14. The Bertz CT molecular complexity index is 488. The van der Waals surface area contributed by atoms with E-state index in [0.717, 1.165) is 10.0 Å². The van der Waals surface area contributed by atoms with Gasteiger partial charge in [-0.3, -0.25) is 0 Å². The van der Waals surface area contributed by atoms with Gasteiger partial charge in [-0.1, -0.05) is 0 Å². The highest BCUT2D eigenvalue weighted by atomic mass is 79.9. The van der Waals surface area contributed by atoms with E-state index in [0.29, 0.717) is 12.4 Å². The zero-order valence-electron chi connectivity index (χ0n) is 10.1. The third-order valence-electron chi connectivity index (χ3n) is 2.19. The second-order valence-corrected chi connectivity index (χ2v) is 7.02. The highest BCUT2D eigenvalue weighted by molar-refractivity contribution is 9.10. The van der Waals surface area contributed by atoms with Crippen LogP contribution >= 0.6 is 15.9 Å². The van der Waals surface area contributed by atoms with Gasteiger partial charge in [0.15, 0.2) is 0 Å². The molecular formula is C10H16BrN3O2S. The van der Waals surface area contributed by atoms with Gasteiger partial charge < -0.3 is 5.32 Å². The summed E-state index contributed by atoms with van der Waals surface area (Å²) in [5.41, 5.74) is 1.04. The molecule has 0 saturated carbocycles. The van der Waals surface area contributed by atoms with Crippen molar-refractivity contribution < 1.29 is 8.42 Å². The Morgan fingerprint density at radius 3 is 2.65 bits per heavy atom. The summed E-state index contributed by atoms with van der Waals surface area (Å²) in [5, 5.41) is 2.99. The minimum absolute atomic E-state index is 0.0436. The molecular weight excluding hydrogens is 306 g/mol. The molecule has 96 valence electrons. The topological polar surface area (TPSA) is 62.3 Å². The number of nitrogens with zero attached hydrogens (tertiary/aromatic N) is 2. The Hall–Kier alpha value is -0.660. The van der Waals surface area contributed by atoms with Crippen LogP contribution in [0.15, 0.2) is 16.7 Å². The summed E-state index contributed by atoms with van der Waals surface area (Å²) in [4.78, 5) is 4.18. The lowest BCUT2D eigenvalue weighted by molar-refractivity contribution is 0.521. The molecule has 0 saturated heterocycles. The molecule has 5 nitrogen and oxygen atoms in total. The van der Waals surface area contributed by atoms with Gasteiger partial charge in [-0.15, -0.1) is 0 Å². The fraction of sp³-hybridized carbons (Fsp3) is 0.500. The first-order valence-electron chi connectivity index (χ1n) is 5.09. The number of aromatic nitrogens is 1. The number of anilines is 1. The van der Waals surface area contributed by atoms with Crippen LogP contribution in [0.2, 0.25) is 0 Å². The summed E-state index contributed by atoms with van der Waals surface area (Å²) in [6.45, 7) is 2.27. The van der Waals surface area contributed by atoms with E-state index in [4.69, 9.17) is 0 Å². The normalized spacial score (nSPS) is 11.8. The quantitative estimate of drug-likeness (QED) is 0.891. The van der Waals surface area contributed by atoms with E-state index in [1.165, 1.54) is 18.4 Å². The first-order chi connectivity index (χ1) is 7.83. The van der Waals surface area contributed by atoms with E-state index < -0.39 is 10.0 Å². The number of aryl methyl sites for hydroxylation is 1. The van der Waals surface area contributed by atoms with Crippen molar-refractivity contribution in [3.63, 3.8) is 0 Å². The molecule has 0 atom stereocenters. The van der Waals surface area contributed by atoms with Gasteiger partial charge in [-0.25, -0.2) is 17.7 Å². The van der Waals surface area contributed by atoms with Crippen molar-refractivity contribution in [2.75, 3.05) is 31.7 Å². The second-order valence-electron chi connectivity index (χ2n) is 3.87. The molecule has 1 aromatic heterocycles. The first kappa shape index (κ1) is 14.4. The van der Waals surface area contributed by atoms with Crippen LogP contribution in [0.25, 0.3) is 0 Å². The van der Waals surface area contributed by atoms with E-state index in [9.17, 15) is 8.42 Å². The van der Waals surface area contributed by atoms with Crippen molar-refractivity contribution in [3.05, 3.63) is 22.3 Å². The summed E-state index contributed by atoms with van der Waals surface area (Å²) in [7, 11) is -0.115. The summed E-state index contributed by atoms with van der Waals surface area (Å²) in [6.07, 6.45) is 1.73. The predicted octanol–water partition coefficient (Wildman–Crippen LogP) is 1.46. The number of hydrogen-bond acceptors (Lipinski definition) is 4. The van der Waals surface area contributed by atoms with Gasteiger partial charge in [0.2, 0.25) is 10.0 Å². The third kappa shape index (κ3) is 4.25. The number of halogens is 1. The maximum absolute atomic E-state index is 11.5. The van der Waals surface area contributed by atoms with Crippen molar-refractivity contribution in [1.29, 1.82) is 0 Å². The molecule has 1 rings (SSSR count). The smallest absolute Gasteiger partial charge is 0.215 e. The van der Waals surface area contributed by atoms with Gasteiger partial charge in [0.25, 0.3) is 0 Å². The van der Waals surface area contributed by atoms with E-state index in [1.54, 1.807) is 6.20 Å². The average Bonchev–Trinajstić information content (AvgIpc) is 2.21. The zero-order chi connectivity index (χ0) is 13.1. The number of hydrogen-bond donors (Lipinski definition) is 1. The summed E-state index contributed by atoms with van der Waals surface area (Å²) >= 11 is 3.37. The number of sulfonamides is 1. The molecule has 0 aliphatic rings. The summed E-state index contributed by atoms with van der Waals surface area (Å²) in [6, 6.07) is 1.93. The number of rotatable bonds is 5. The fourth-order valence-corrected chi connectivity index (χ4v) is 2.47. The van der Waals surface area contributed by atoms with Gasteiger partial charge in [-0.2, -0.15) is 0 Å². The Kier molecular flexibility index (Phi) is 4.91. The van der Waals surface area contributed by atoms with Crippen LogP contribution < -0.4 is 5.32 Å². The molecule has 0 spiro atoms. The third-order valence-corrected chi connectivity index (χ3v) is 4.62. The van der Waals surface area contributed by atoms with Gasteiger partial charge in [-0.05, 0) is 34.5 Å². The Morgan fingerprint density at radius 2 is 2.12 bits per heavy atom. The molecule has 0 aliphatic carbocycles. The van der Waals surface area contributed by atoms with E-state index in [2.05, 4.69) is 26.2 Å². The van der Waals surface area contributed by atoms with Gasteiger partial charge in [0, 0.05) is 26.8 Å². The molecule has 0 unspecified atom stereocenters. The van der Waals surface area contributed by atoms with Crippen molar-refractivity contribution in [3.8, 4) is 0 Å². The van der Waals surface area contributed by atoms with E-state index >= 15 is 0 Å². The highest BCUT2D eigenvalue weighted by Gasteiger charge is 2.13. The molecule has 0 amide bonds. The molecule has 17 heavy (non-hydrogen) atoms. The second kappa shape index (κ2) is 5.79. The summed E-state index contributed by atoms with van der Waals surface area (Å²) < 4.78 is 25.1. The van der Waals surface area contributed by atoms with Gasteiger partial charge in [0.1, 0.15) is 5.82 Å². The SMILES string of the molecule is Cc1cnc(NCCS(=O)(=O)N(C)C)c(Br)c1.